The highest BCUT2D eigenvalue weighted by molar-refractivity contribution is 6.30. The lowest BCUT2D eigenvalue weighted by molar-refractivity contribution is -0.159. The van der Waals surface area contributed by atoms with Gasteiger partial charge in [0.1, 0.15) is 11.6 Å². The van der Waals surface area contributed by atoms with Gasteiger partial charge < -0.3 is 9.47 Å². The fourth-order valence-electron chi connectivity index (χ4n) is 1.13. The van der Waals surface area contributed by atoms with Gasteiger partial charge in [-0.05, 0) is 25.1 Å². The van der Waals surface area contributed by atoms with Gasteiger partial charge in [0.25, 0.3) is 0 Å². The molecule has 0 aromatic heterocycles. The molecule has 20 heavy (non-hydrogen) atoms. The maximum Gasteiger partial charge on any atom is 0.423 e. The van der Waals surface area contributed by atoms with Crippen LogP contribution in [-0.2, 0) is 20.5 Å². The van der Waals surface area contributed by atoms with Crippen LogP contribution in [0.4, 0.5) is 17.6 Å². The first kappa shape index (κ1) is 15.7. The Morgan fingerprint density at radius 2 is 1.80 bits per heavy atom. The summed E-state index contributed by atoms with van der Waals surface area (Å²) < 4.78 is 58.9. The molecule has 0 N–H and O–H groups in total. The highest BCUT2D eigenvalue weighted by Gasteiger charge is 2.34. The lowest BCUT2D eigenvalue weighted by Crippen LogP contribution is -2.22. The Kier molecular flexibility index (Phi) is 4.49. The van der Waals surface area contributed by atoms with Crippen LogP contribution in [-0.4, -0.2) is 11.9 Å². The van der Waals surface area contributed by atoms with Crippen molar-refractivity contribution in [2.45, 2.75) is 13.1 Å². The van der Waals surface area contributed by atoms with Crippen LogP contribution < -0.4 is 4.74 Å². The zero-order valence-electron chi connectivity index (χ0n) is 10.1. The number of benzene rings is 1. The van der Waals surface area contributed by atoms with Gasteiger partial charge in [0.15, 0.2) is 0 Å². The van der Waals surface area contributed by atoms with E-state index in [0.717, 1.165) is 6.07 Å². The van der Waals surface area contributed by atoms with E-state index in [1.165, 1.54) is 6.92 Å². The van der Waals surface area contributed by atoms with Crippen molar-refractivity contribution in [2.24, 2.45) is 0 Å². The Balaban J connectivity index is 2.92. The molecule has 0 aliphatic carbocycles. The maximum absolute atomic E-state index is 13.0. The summed E-state index contributed by atoms with van der Waals surface area (Å²) in [5.41, 5.74) is -1.61. The second-order valence-corrected chi connectivity index (χ2v) is 3.62. The number of carbonyl (C=O) groups is 2. The molecule has 0 heterocycles. The number of allylic oxidation sites excluding steroid dienone is 1. The molecule has 108 valence electrons. The van der Waals surface area contributed by atoms with Crippen LogP contribution in [0.2, 0.25) is 0 Å². The van der Waals surface area contributed by atoms with Crippen molar-refractivity contribution >= 4 is 11.9 Å². The Hall–Kier alpha value is -2.38. The summed E-state index contributed by atoms with van der Waals surface area (Å²) in [6, 6.07) is 1.51. The molecule has 0 bridgehead atoms. The van der Waals surface area contributed by atoms with Crippen molar-refractivity contribution in [3.63, 3.8) is 0 Å². The second-order valence-electron chi connectivity index (χ2n) is 3.62. The van der Waals surface area contributed by atoms with Crippen molar-refractivity contribution < 1.29 is 36.6 Å². The smallest absolute Gasteiger partial charge is 0.423 e. The molecule has 0 saturated heterocycles. The maximum atomic E-state index is 13.0. The Morgan fingerprint density at radius 1 is 1.20 bits per heavy atom. The summed E-state index contributed by atoms with van der Waals surface area (Å²) in [4.78, 5) is 22.2. The third kappa shape index (κ3) is 4.08. The van der Waals surface area contributed by atoms with Crippen LogP contribution in [0.25, 0.3) is 0 Å². The first-order chi connectivity index (χ1) is 9.11. The van der Waals surface area contributed by atoms with Gasteiger partial charge in [-0.1, -0.05) is 6.58 Å². The van der Waals surface area contributed by atoms with Crippen molar-refractivity contribution in [1.82, 2.24) is 0 Å². The van der Waals surface area contributed by atoms with E-state index in [0.29, 0.717) is 6.07 Å². The summed E-state index contributed by atoms with van der Waals surface area (Å²) in [7, 11) is 0. The van der Waals surface area contributed by atoms with E-state index in [-0.39, 0.29) is 11.8 Å². The zero-order chi connectivity index (χ0) is 15.5. The lowest BCUT2D eigenvalue weighted by Gasteiger charge is -2.10. The predicted octanol–water partition coefficient (Wildman–Crippen LogP) is 2.83. The number of carbonyl (C=O) groups excluding carboxylic acids is 2. The van der Waals surface area contributed by atoms with Crippen LogP contribution in [0, 0.1) is 5.82 Å². The van der Waals surface area contributed by atoms with Gasteiger partial charge in [0.2, 0.25) is 0 Å². The van der Waals surface area contributed by atoms with E-state index < -0.39 is 35.2 Å². The van der Waals surface area contributed by atoms with Crippen molar-refractivity contribution in [3.05, 3.63) is 41.9 Å². The minimum atomic E-state index is -4.95. The quantitative estimate of drug-likeness (QED) is 0.276. The predicted molar refractivity (Wildman–Crippen MR) is 57.9 cm³/mol. The Labute approximate surface area is 110 Å². The molecule has 0 amide bonds. The summed E-state index contributed by atoms with van der Waals surface area (Å²) in [6.07, 6.45) is -4.95. The number of halogens is 4. The molecule has 0 radical (unpaired) electrons. The number of alkyl halides is 3. The Morgan fingerprint density at radius 3 is 2.30 bits per heavy atom. The first-order valence-electron chi connectivity index (χ1n) is 5.07. The number of rotatable bonds is 2. The molecular weight excluding hydrogens is 284 g/mol. The minimum Gasteiger partial charge on any atom is -0.424 e. The molecular formula is C12H8F4O4. The van der Waals surface area contributed by atoms with E-state index >= 15 is 0 Å². The van der Waals surface area contributed by atoms with Crippen LogP contribution in [0.15, 0.2) is 30.5 Å². The van der Waals surface area contributed by atoms with E-state index in [9.17, 15) is 27.2 Å². The molecule has 0 fully saturated rings. The van der Waals surface area contributed by atoms with Gasteiger partial charge >= 0.3 is 18.1 Å². The highest BCUT2D eigenvalue weighted by atomic mass is 19.4. The average Bonchev–Trinajstić information content (AvgIpc) is 2.29. The zero-order valence-corrected chi connectivity index (χ0v) is 10.1. The summed E-state index contributed by atoms with van der Waals surface area (Å²) in [5.74, 6) is -5.26. The topological polar surface area (TPSA) is 52.6 Å². The molecule has 0 aliphatic heterocycles. The van der Waals surface area contributed by atoms with Crippen LogP contribution >= 0.6 is 0 Å². The van der Waals surface area contributed by atoms with E-state index in [2.05, 4.69) is 16.1 Å². The lowest BCUT2D eigenvalue weighted by atomic mass is 10.2. The molecule has 1 aromatic rings. The molecule has 1 rings (SSSR count). The van der Waals surface area contributed by atoms with Crippen molar-refractivity contribution in [2.75, 3.05) is 0 Å². The number of ether oxygens (including phenoxy) is 2. The molecule has 4 nitrogen and oxygen atoms in total. The summed E-state index contributed by atoms with van der Waals surface area (Å²) in [6.45, 7) is 4.48. The largest absolute Gasteiger partial charge is 0.424 e. The SMILES string of the molecule is C=C(C)OC(=O)C(=O)Oc1ccc(F)c(C(F)(F)F)c1. The molecule has 0 unspecified atom stereocenters. The van der Waals surface area contributed by atoms with Gasteiger partial charge in [-0.3, -0.25) is 0 Å². The van der Waals surface area contributed by atoms with Gasteiger partial charge in [0, 0.05) is 0 Å². The van der Waals surface area contributed by atoms with Gasteiger partial charge in [-0.2, -0.15) is 13.2 Å². The summed E-state index contributed by atoms with van der Waals surface area (Å²) in [5, 5.41) is 0. The molecule has 0 aliphatic rings. The van der Waals surface area contributed by atoms with Crippen LogP contribution in [0.5, 0.6) is 5.75 Å². The second kappa shape index (κ2) is 5.72. The van der Waals surface area contributed by atoms with E-state index in [1.54, 1.807) is 0 Å². The molecule has 8 heteroatoms. The van der Waals surface area contributed by atoms with Crippen LogP contribution in [0.3, 0.4) is 0 Å². The van der Waals surface area contributed by atoms with Crippen molar-refractivity contribution in [1.29, 1.82) is 0 Å². The summed E-state index contributed by atoms with van der Waals surface area (Å²) >= 11 is 0. The molecule has 0 atom stereocenters. The fraction of sp³-hybridized carbons (Fsp3) is 0.167. The third-order valence-corrected chi connectivity index (χ3v) is 1.89. The van der Waals surface area contributed by atoms with Crippen LogP contribution in [0.1, 0.15) is 12.5 Å². The number of esters is 2. The number of hydrogen-bond donors (Lipinski definition) is 0. The number of hydrogen-bond acceptors (Lipinski definition) is 4. The van der Waals surface area contributed by atoms with Crippen molar-refractivity contribution in [3.8, 4) is 5.75 Å². The molecule has 1 aromatic carbocycles. The fourth-order valence-corrected chi connectivity index (χ4v) is 1.13. The van der Waals surface area contributed by atoms with E-state index in [1.807, 2.05) is 0 Å². The average molecular weight is 292 g/mol. The molecule has 0 saturated carbocycles. The normalized spacial score (nSPS) is 10.8. The highest BCUT2D eigenvalue weighted by Crippen LogP contribution is 2.33. The van der Waals surface area contributed by atoms with Gasteiger partial charge in [-0.15, -0.1) is 0 Å². The van der Waals surface area contributed by atoms with Gasteiger partial charge in [-0.25, -0.2) is 14.0 Å². The minimum absolute atomic E-state index is 0.0953. The Bertz CT molecular complexity index is 563. The van der Waals surface area contributed by atoms with E-state index in [4.69, 9.17) is 0 Å². The monoisotopic (exact) mass is 292 g/mol. The standard InChI is InChI=1S/C12H8F4O4/c1-6(2)19-10(17)11(18)20-7-3-4-9(13)8(5-7)12(14,15)16/h3-5H,1H2,2H3. The molecule has 0 spiro atoms. The van der Waals surface area contributed by atoms with Gasteiger partial charge in [0.05, 0.1) is 11.3 Å². The third-order valence-electron chi connectivity index (χ3n) is 1.89. The first-order valence-corrected chi connectivity index (χ1v) is 5.07.